The SMILES string of the molecule is CC(C)(C)OC(=O)CCN(CCO)C(=O)OCc1ccccc1. The van der Waals surface area contributed by atoms with E-state index in [1.807, 2.05) is 30.3 Å². The Morgan fingerprint density at radius 1 is 1.13 bits per heavy atom. The highest BCUT2D eigenvalue weighted by Gasteiger charge is 2.20. The van der Waals surface area contributed by atoms with Crippen molar-refractivity contribution in [1.29, 1.82) is 0 Å². The van der Waals surface area contributed by atoms with Crippen molar-refractivity contribution < 1.29 is 24.2 Å². The summed E-state index contributed by atoms with van der Waals surface area (Å²) in [7, 11) is 0. The number of benzene rings is 1. The molecule has 0 fully saturated rings. The normalized spacial score (nSPS) is 11.0. The van der Waals surface area contributed by atoms with E-state index in [4.69, 9.17) is 14.6 Å². The third kappa shape index (κ3) is 8.21. The monoisotopic (exact) mass is 323 g/mol. The first-order chi connectivity index (χ1) is 10.8. The predicted molar refractivity (Wildman–Crippen MR) is 85.7 cm³/mol. The van der Waals surface area contributed by atoms with Gasteiger partial charge in [-0.25, -0.2) is 4.79 Å². The molecule has 23 heavy (non-hydrogen) atoms. The maximum absolute atomic E-state index is 12.0. The zero-order valence-electron chi connectivity index (χ0n) is 13.9. The minimum absolute atomic E-state index is 0.0533. The molecule has 0 radical (unpaired) electrons. The van der Waals surface area contributed by atoms with E-state index < -0.39 is 17.7 Å². The zero-order chi connectivity index (χ0) is 17.3. The number of carbonyl (C=O) groups excluding carboxylic acids is 2. The second-order valence-electron chi connectivity index (χ2n) is 6.09. The molecule has 1 aromatic carbocycles. The number of aliphatic hydroxyl groups excluding tert-OH is 1. The van der Waals surface area contributed by atoms with Gasteiger partial charge in [0.25, 0.3) is 0 Å². The number of esters is 1. The summed E-state index contributed by atoms with van der Waals surface area (Å²) in [6.07, 6.45) is -0.510. The molecule has 0 spiro atoms. The van der Waals surface area contributed by atoms with Crippen LogP contribution in [0.1, 0.15) is 32.8 Å². The van der Waals surface area contributed by atoms with Gasteiger partial charge in [-0.05, 0) is 26.3 Å². The first-order valence-corrected chi connectivity index (χ1v) is 7.60. The van der Waals surface area contributed by atoms with Gasteiger partial charge in [-0.3, -0.25) is 4.79 Å². The lowest BCUT2D eigenvalue weighted by atomic mass is 10.2. The van der Waals surface area contributed by atoms with Gasteiger partial charge in [0.1, 0.15) is 12.2 Å². The van der Waals surface area contributed by atoms with Crippen molar-refractivity contribution in [2.45, 2.75) is 39.4 Å². The first kappa shape index (κ1) is 19.0. The molecule has 1 amide bonds. The quantitative estimate of drug-likeness (QED) is 0.780. The Morgan fingerprint density at radius 3 is 2.35 bits per heavy atom. The van der Waals surface area contributed by atoms with Crippen molar-refractivity contribution in [2.24, 2.45) is 0 Å². The molecule has 1 N–H and O–H groups in total. The Morgan fingerprint density at radius 2 is 1.78 bits per heavy atom. The van der Waals surface area contributed by atoms with Crippen molar-refractivity contribution in [3.63, 3.8) is 0 Å². The number of amides is 1. The van der Waals surface area contributed by atoms with Crippen LogP contribution in [0.4, 0.5) is 4.79 Å². The summed E-state index contributed by atoms with van der Waals surface area (Å²) in [4.78, 5) is 25.0. The highest BCUT2D eigenvalue weighted by Crippen LogP contribution is 2.09. The number of rotatable bonds is 7. The third-order valence-electron chi connectivity index (χ3n) is 2.84. The van der Waals surface area contributed by atoms with E-state index in [2.05, 4.69) is 0 Å². The molecule has 1 aromatic rings. The largest absolute Gasteiger partial charge is 0.460 e. The van der Waals surface area contributed by atoms with Crippen molar-refractivity contribution in [1.82, 2.24) is 4.90 Å². The average Bonchev–Trinajstić information content (AvgIpc) is 2.48. The number of nitrogens with zero attached hydrogens (tertiary/aromatic N) is 1. The van der Waals surface area contributed by atoms with Crippen LogP contribution >= 0.6 is 0 Å². The summed E-state index contributed by atoms with van der Waals surface area (Å²) in [6, 6.07) is 9.30. The molecule has 0 aliphatic carbocycles. The first-order valence-electron chi connectivity index (χ1n) is 7.60. The Kier molecular flexibility index (Phi) is 7.54. The standard InChI is InChI=1S/C17H25NO5/c1-17(2,3)23-15(20)9-10-18(11-12-19)16(21)22-13-14-7-5-4-6-8-14/h4-8,19H,9-13H2,1-3H3. The fourth-order valence-electron chi connectivity index (χ4n) is 1.84. The van der Waals surface area contributed by atoms with Crippen molar-refractivity contribution in [3.8, 4) is 0 Å². The van der Waals surface area contributed by atoms with Gasteiger partial charge >= 0.3 is 12.1 Å². The summed E-state index contributed by atoms with van der Waals surface area (Å²) in [5, 5.41) is 9.06. The molecule has 0 bridgehead atoms. The minimum atomic E-state index is -0.563. The third-order valence-corrected chi connectivity index (χ3v) is 2.84. The predicted octanol–water partition coefficient (Wildman–Crippen LogP) is 2.35. The lowest BCUT2D eigenvalue weighted by Crippen LogP contribution is -2.36. The highest BCUT2D eigenvalue weighted by molar-refractivity contribution is 5.72. The molecule has 1 rings (SSSR count). The molecule has 0 unspecified atom stereocenters. The van der Waals surface area contributed by atoms with Crippen molar-refractivity contribution in [3.05, 3.63) is 35.9 Å². The Balaban J connectivity index is 2.46. The van der Waals surface area contributed by atoms with E-state index in [0.29, 0.717) is 0 Å². The second kappa shape index (κ2) is 9.15. The molecule has 6 nitrogen and oxygen atoms in total. The van der Waals surface area contributed by atoms with E-state index in [1.54, 1.807) is 20.8 Å². The number of aliphatic hydroxyl groups is 1. The van der Waals surface area contributed by atoms with Gasteiger partial charge in [-0.2, -0.15) is 0 Å². The van der Waals surface area contributed by atoms with Crippen LogP contribution in [-0.2, 0) is 20.9 Å². The maximum Gasteiger partial charge on any atom is 0.410 e. The number of hydrogen-bond acceptors (Lipinski definition) is 5. The smallest absolute Gasteiger partial charge is 0.410 e. The van der Waals surface area contributed by atoms with Crippen LogP contribution in [0.25, 0.3) is 0 Å². The number of carbonyl (C=O) groups is 2. The summed E-state index contributed by atoms with van der Waals surface area (Å²) in [6.45, 7) is 5.54. The van der Waals surface area contributed by atoms with Gasteiger partial charge in [0.05, 0.1) is 13.0 Å². The molecule has 128 valence electrons. The van der Waals surface area contributed by atoms with E-state index in [1.165, 1.54) is 4.90 Å². The lowest BCUT2D eigenvalue weighted by molar-refractivity contribution is -0.155. The van der Waals surface area contributed by atoms with Crippen LogP contribution in [0.5, 0.6) is 0 Å². The molecular weight excluding hydrogens is 298 g/mol. The molecule has 0 aliphatic heterocycles. The van der Waals surface area contributed by atoms with Gasteiger partial charge in [0, 0.05) is 13.1 Å². The van der Waals surface area contributed by atoms with Crippen LogP contribution in [0.2, 0.25) is 0 Å². The molecule has 0 heterocycles. The van der Waals surface area contributed by atoms with Crippen LogP contribution in [0.15, 0.2) is 30.3 Å². The van der Waals surface area contributed by atoms with Crippen molar-refractivity contribution >= 4 is 12.1 Å². The fourth-order valence-corrected chi connectivity index (χ4v) is 1.84. The molecule has 0 saturated heterocycles. The fraction of sp³-hybridized carbons (Fsp3) is 0.529. The second-order valence-corrected chi connectivity index (χ2v) is 6.09. The summed E-state index contributed by atoms with van der Waals surface area (Å²) in [5.74, 6) is -0.392. The van der Waals surface area contributed by atoms with E-state index in [-0.39, 0.29) is 32.7 Å². The van der Waals surface area contributed by atoms with Crippen LogP contribution in [0, 0.1) is 0 Å². The molecule has 0 atom stereocenters. The Bertz CT molecular complexity index is 495. The lowest BCUT2D eigenvalue weighted by Gasteiger charge is -2.23. The van der Waals surface area contributed by atoms with Gasteiger partial charge in [0.2, 0.25) is 0 Å². The minimum Gasteiger partial charge on any atom is -0.460 e. The molecule has 6 heteroatoms. The topological polar surface area (TPSA) is 76.1 Å². The Labute approximate surface area is 137 Å². The van der Waals surface area contributed by atoms with E-state index >= 15 is 0 Å². The number of hydrogen-bond donors (Lipinski definition) is 1. The zero-order valence-corrected chi connectivity index (χ0v) is 13.9. The van der Waals surface area contributed by atoms with Crippen LogP contribution in [0.3, 0.4) is 0 Å². The molecular formula is C17H25NO5. The number of ether oxygens (including phenoxy) is 2. The maximum atomic E-state index is 12.0. The van der Waals surface area contributed by atoms with Gasteiger partial charge < -0.3 is 19.5 Å². The van der Waals surface area contributed by atoms with E-state index in [9.17, 15) is 9.59 Å². The highest BCUT2D eigenvalue weighted by atomic mass is 16.6. The van der Waals surface area contributed by atoms with Gasteiger partial charge in [0.15, 0.2) is 0 Å². The van der Waals surface area contributed by atoms with E-state index in [0.717, 1.165) is 5.56 Å². The van der Waals surface area contributed by atoms with Crippen LogP contribution < -0.4 is 0 Å². The summed E-state index contributed by atoms with van der Waals surface area (Å²) < 4.78 is 10.4. The molecule has 0 saturated carbocycles. The van der Waals surface area contributed by atoms with Crippen molar-refractivity contribution in [2.75, 3.05) is 19.7 Å². The van der Waals surface area contributed by atoms with Crippen LogP contribution in [-0.4, -0.2) is 47.4 Å². The van der Waals surface area contributed by atoms with Gasteiger partial charge in [-0.1, -0.05) is 30.3 Å². The summed E-state index contributed by atoms with van der Waals surface area (Å²) >= 11 is 0. The molecule has 0 aromatic heterocycles. The molecule has 0 aliphatic rings. The summed E-state index contributed by atoms with van der Waals surface area (Å²) in [5.41, 5.74) is 0.309. The Hall–Kier alpha value is -2.08. The van der Waals surface area contributed by atoms with Gasteiger partial charge in [-0.15, -0.1) is 0 Å². The average molecular weight is 323 g/mol.